The van der Waals surface area contributed by atoms with Crippen LogP contribution in [-0.2, 0) is 16.1 Å². The number of carbonyl (C=O) groups excluding carboxylic acids is 2. The quantitative estimate of drug-likeness (QED) is 0.707. The van der Waals surface area contributed by atoms with Crippen molar-refractivity contribution in [2.75, 3.05) is 39.8 Å². The molecule has 4 rings (SSSR count). The Balaban J connectivity index is 1.29. The van der Waals surface area contributed by atoms with Crippen LogP contribution in [0.15, 0.2) is 24.3 Å². The van der Waals surface area contributed by atoms with Crippen molar-refractivity contribution in [1.29, 1.82) is 0 Å². The lowest BCUT2D eigenvalue weighted by Gasteiger charge is -2.47. The minimum absolute atomic E-state index is 0.277. The van der Waals surface area contributed by atoms with Gasteiger partial charge in [-0.1, -0.05) is 12.1 Å². The molecule has 0 aliphatic carbocycles. The molecule has 2 atom stereocenters. The summed E-state index contributed by atoms with van der Waals surface area (Å²) in [5.41, 5.74) is 1.31. The first-order valence-electron chi connectivity index (χ1n) is 11.1. The second kappa shape index (κ2) is 9.16. The van der Waals surface area contributed by atoms with Gasteiger partial charge in [-0.05, 0) is 49.3 Å². The number of ether oxygens (including phenoxy) is 1. The Labute approximate surface area is 173 Å². The summed E-state index contributed by atoms with van der Waals surface area (Å²) < 4.78 is 5.25. The van der Waals surface area contributed by atoms with Gasteiger partial charge in [0.25, 0.3) is 0 Å². The number of hydrogen-bond donors (Lipinski definition) is 0. The molecule has 158 valence electrons. The van der Waals surface area contributed by atoms with Gasteiger partial charge in [0.1, 0.15) is 5.75 Å². The Kier molecular flexibility index (Phi) is 6.38. The molecule has 0 aromatic heterocycles. The zero-order valence-electron chi connectivity index (χ0n) is 17.5. The van der Waals surface area contributed by atoms with Crippen molar-refractivity contribution in [1.82, 2.24) is 14.7 Å². The highest BCUT2D eigenvalue weighted by Crippen LogP contribution is 2.32. The molecule has 3 saturated heterocycles. The van der Waals surface area contributed by atoms with Crippen LogP contribution >= 0.6 is 0 Å². The fraction of sp³-hybridized carbons (Fsp3) is 0.652. The molecular weight excluding hydrogens is 366 g/mol. The smallest absolute Gasteiger partial charge is 0.222 e. The summed E-state index contributed by atoms with van der Waals surface area (Å²) in [6, 6.07) is 8.70. The van der Waals surface area contributed by atoms with Gasteiger partial charge in [0.05, 0.1) is 7.11 Å². The van der Waals surface area contributed by atoms with Crippen molar-refractivity contribution in [2.24, 2.45) is 5.92 Å². The number of nitrogens with zero attached hydrogens (tertiary/aromatic N) is 3. The SMILES string of the molecule is COc1ccc(CN2CC[C@H]3[C@H](CCC(=O)N3CCCN3CCCC3=O)C2)cc1. The van der Waals surface area contributed by atoms with Gasteiger partial charge >= 0.3 is 0 Å². The number of carbonyl (C=O) groups is 2. The van der Waals surface area contributed by atoms with Crippen LogP contribution in [0, 0.1) is 5.92 Å². The molecule has 1 aromatic carbocycles. The first-order chi connectivity index (χ1) is 14.1. The van der Waals surface area contributed by atoms with Gasteiger partial charge in [-0.2, -0.15) is 0 Å². The van der Waals surface area contributed by atoms with Crippen LogP contribution in [0.1, 0.15) is 44.1 Å². The lowest BCUT2D eigenvalue weighted by molar-refractivity contribution is -0.141. The van der Waals surface area contributed by atoms with Crippen molar-refractivity contribution < 1.29 is 14.3 Å². The monoisotopic (exact) mass is 399 g/mol. The minimum Gasteiger partial charge on any atom is -0.497 e. The van der Waals surface area contributed by atoms with E-state index in [1.165, 1.54) is 5.56 Å². The molecule has 1 aromatic rings. The lowest BCUT2D eigenvalue weighted by Crippen LogP contribution is -2.56. The summed E-state index contributed by atoms with van der Waals surface area (Å²) in [6.07, 6.45) is 5.29. The highest BCUT2D eigenvalue weighted by atomic mass is 16.5. The highest BCUT2D eigenvalue weighted by Gasteiger charge is 2.39. The van der Waals surface area contributed by atoms with E-state index in [4.69, 9.17) is 4.74 Å². The summed E-state index contributed by atoms with van der Waals surface area (Å²) in [5, 5.41) is 0. The minimum atomic E-state index is 0.277. The van der Waals surface area contributed by atoms with Gasteiger partial charge in [-0.15, -0.1) is 0 Å². The van der Waals surface area contributed by atoms with Gasteiger partial charge in [-0.3, -0.25) is 14.5 Å². The molecule has 29 heavy (non-hydrogen) atoms. The van der Waals surface area contributed by atoms with Crippen LogP contribution in [0.3, 0.4) is 0 Å². The van der Waals surface area contributed by atoms with Crippen LogP contribution in [0.4, 0.5) is 0 Å². The lowest BCUT2D eigenvalue weighted by atomic mass is 9.83. The molecule has 0 spiro atoms. The fourth-order valence-electron chi connectivity index (χ4n) is 5.22. The molecule has 0 bridgehead atoms. The van der Waals surface area contributed by atoms with E-state index in [9.17, 15) is 9.59 Å². The number of fused-ring (bicyclic) bond motifs is 1. The Morgan fingerprint density at radius 2 is 1.83 bits per heavy atom. The van der Waals surface area contributed by atoms with E-state index in [-0.39, 0.29) is 5.91 Å². The largest absolute Gasteiger partial charge is 0.497 e. The third kappa shape index (κ3) is 4.74. The summed E-state index contributed by atoms with van der Waals surface area (Å²) in [5.74, 6) is 2.04. The number of methoxy groups -OCH3 is 1. The second-order valence-corrected chi connectivity index (χ2v) is 8.66. The van der Waals surface area contributed by atoms with Gasteiger partial charge < -0.3 is 14.5 Å². The second-order valence-electron chi connectivity index (χ2n) is 8.66. The Morgan fingerprint density at radius 1 is 1.00 bits per heavy atom. The summed E-state index contributed by atoms with van der Waals surface area (Å²) >= 11 is 0. The van der Waals surface area contributed by atoms with Crippen molar-refractivity contribution in [3.05, 3.63) is 29.8 Å². The van der Waals surface area contributed by atoms with E-state index in [1.54, 1.807) is 7.11 Å². The van der Waals surface area contributed by atoms with E-state index in [1.807, 2.05) is 17.0 Å². The third-order valence-electron chi connectivity index (χ3n) is 6.79. The zero-order chi connectivity index (χ0) is 20.2. The average Bonchev–Trinajstić information content (AvgIpc) is 3.15. The van der Waals surface area contributed by atoms with Gasteiger partial charge in [0, 0.05) is 58.2 Å². The van der Waals surface area contributed by atoms with Crippen LogP contribution in [0.2, 0.25) is 0 Å². The molecule has 0 N–H and O–H groups in total. The number of amides is 2. The molecule has 3 fully saturated rings. The summed E-state index contributed by atoms with van der Waals surface area (Å²) in [7, 11) is 1.69. The number of benzene rings is 1. The topological polar surface area (TPSA) is 53.1 Å². The van der Waals surface area contributed by atoms with Crippen molar-refractivity contribution in [3.63, 3.8) is 0 Å². The van der Waals surface area contributed by atoms with Crippen LogP contribution in [-0.4, -0.2) is 72.4 Å². The first kappa shape index (κ1) is 20.2. The van der Waals surface area contributed by atoms with Gasteiger partial charge in [0.15, 0.2) is 0 Å². The maximum Gasteiger partial charge on any atom is 0.222 e. The molecule has 6 nitrogen and oxygen atoms in total. The average molecular weight is 400 g/mol. The predicted molar refractivity (Wildman–Crippen MR) is 112 cm³/mol. The zero-order valence-corrected chi connectivity index (χ0v) is 17.5. The standard InChI is InChI=1S/C23H33N3O3/c1-29-20-8-5-18(6-9-20)16-24-15-11-21-19(17-24)7-10-23(28)26(21)14-3-13-25-12-2-4-22(25)27/h5-6,8-9,19,21H,2-4,7,10-17H2,1H3/t19-,21+/m1/s1. The van der Waals surface area contributed by atoms with E-state index in [2.05, 4.69) is 21.9 Å². The van der Waals surface area contributed by atoms with E-state index < -0.39 is 0 Å². The molecule has 2 amide bonds. The van der Waals surface area contributed by atoms with E-state index in [0.29, 0.717) is 30.7 Å². The molecule has 3 heterocycles. The maximum atomic E-state index is 12.6. The maximum absolute atomic E-state index is 12.6. The number of likely N-dealkylation sites (tertiary alicyclic amines) is 3. The number of rotatable bonds is 7. The van der Waals surface area contributed by atoms with Gasteiger partial charge in [0.2, 0.25) is 11.8 Å². The van der Waals surface area contributed by atoms with Crippen LogP contribution in [0.25, 0.3) is 0 Å². The molecule has 0 unspecified atom stereocenters. The Hall–Kier alpha value is -2.08. The Morgan fingerprint density at radius 3 is 2.55 bits per heavy atom. The molecule has 6 heteroatoms. The molecular formula is C23H33N3O3. The molecule has 3 aliphatic rings. The number of piperidine rings is 2. The first-order valence-corrected chi connectivity index (χ1v) is 11.1. The van der Waals surface area contributed by atoms with Crippen molar-refractivity contribution in [2.45, 2.75) is 51.1 Å². The van der Waals surface area contributed by atoms with Crippen LogP contribution < -0.4 is 4.74 Å². The third-order valence-corrected chi connectivity index (χ3v) is 6.79. The Bertz CT molecular complexity index is 721. The number of hydrogen-bond acceptors (Lipinski definition) is 4. The normalized spacial score (nSPS) is 25.4. The fourth-order valence-corrected chi connectivity index (χ4v) is 5.22. The summed E-state index contributed by atoms with van der Waals surface area (Å²) in [6.45, 7) is 5.52. The van der Waals surface area contributed by atoms with Crippen molar-refractivity contribution in [3.8, 4) is 5.75 Å². The highest BCUT2D eigenvalue weighted by molar-refractivity contribution is 5.78. The predicted octanol–water partition coefficient (Wildman–Crippen LogP) is 2.52. The molecule has 0 saturated carbocycles. The molecule has 3 aliphatic heterocycles. The van der Waals surface area contributed by atoms with E-state index >= 15 is 0 Å². The van der Waals surface area contributed by atoms with E-state index in [0.717, 1.165) is 70.7 Å². The summed E-state index contributed by atoms with van der Waals surface area (Å²) in [4.78, 5) is 31.0. The van der Waals surface area contributed by atoms with Crippen molar-refractivity contribution >= 4 is 11.8 Å². The van der Waals surface area contributed by atoms with Crippen LogP contribution in [0.5, 0.6) is 5.75 Å². The van der Waals surface area contributed by atoms with Gasteiger partial charge in [-0.25, -0.2) is 0 Å². The molecule has 0 radical (unpaired) electrons.